The van der Waals surface area contributed by atoms with E-state index in [1.807, 2.05) is 55.3 Å². The summed E-state index contributed by atoms with van der Waals surface area (Å²) >= 11 is 0. The number of nitrogens with one attached hydrogen (secondary N) is 1. The highest BCUT2D eigenvalue weighted by molar-refractivity contribution is 6.05. The van der Waals surface area contributed by atoms with Gasteiger partial charge in [0.15, 0.2) is 0 Å². The van der Waals surface area contributed by atoms with E-state index in [9.17, 15) is 14.9 Å². The van der Waals surface area contributed by atoms with Gasteiger partial charge in [0.05, 0.1) is 17.7 Å². The van der Waals surface area contributed by atoms with Crippen molar-refractivity contribution in [3.8, 4) is 5.75 Å². The Balaban J connectivity index is 1.78. The van der Waals surface area contributed by atoms with Crippen LogP contribution in [0.5, 0.6) is 5.75 Å². The van der Waals surface area contributed by atoms with Gasteiger partial charge in [0.2, 0.25) is 0 Å². The normalized spacial score (nSPS) is 10.3. The minimum Gasteiger partial charge on any atom is -0.495 e. The number of anilines is 3. The van der Waals surface area contributed by atoms with Crippen molar-refractivity contribution in [2.45, 2.75) is 6.92 Å². The first-order valence-electron chi connectivity index (χ1n) is 8.93. The molecule has 29 heavy (non-hydrogen) atoms. The highest BCUT2D eigenvalue weighted by atomic mass is 16.6. The second kappa shape index (κ2) is 8.43. The predicted octanol–water partition coefficient (Wildman–Crippen LogP) is 4.93. The molecular formula is C22H21N3O4. The molecule has 1 amide bonds. The molecule has 1 N–H and O–H groups in total. The molecule has 0 radical (unpaired) electrons. The number of amides is 1. The fraction of sp³-hybridized carbons (Fsp3) is 0.136. The van der Waals surface area contributed by atoms with Gasteiger partial charge in [-0.1, -0.05) is 17.7 Å². The number of carbonyl (C=O) groups is 1. The van der Waals surface area contributed by atoms with Crippen LogP contribution < -0.4 is 15.0 Å². The number of ether oxygens (including phenoxy) is 1. The molecule has 7 nitrogen and oxygen atoms in total. The van der Waals surface area contributed by atoms with Crippen molar-refractivity contribution >= 4 is 28.7 Å². The van der Waals surface area contributed by atoms with E-state index in [1.54, 1.807) is 12.1 Å². The van der Waals surface area contributed by atoms with Gasteiger partial charge in [0.1, 0.15) is 5.75 Å². The molecule has 0 aliphatic heterocycles. The van der Waals surface area contributed by atoms with E-state index in [2.05, 4.69) is 5.32 Å². The number of methoxy groups -OCH3 is 1. The minimum atomic E-state index is -0.523. The lowest BCUT2D eigenvalue weighted by atomic mass is 10.1. The van der Waals surface area contributed by atoms with E-state index < -0.39 is 4.92 Å². The molecule has 3 aromatic rings. The zero-order valence-corrected chi connectivity index (χ0v) is 16.4. The monoisotopic (exact) mass is 391 g/mol. The fourth-order valence-corrected chi connectivity index (χ4v) is 2.86. The van der Waals surface area contributed by atoms with Crippen LogP contribution in [0.2, 0.25) is 0 Å². The van der Waals surface area contributed by atoms with Gasteiger partial charge in [-0.3, -0.25) is 14.9 Å². The molecule has 0 heterocycles. The Morgan fingerprint density at radius 2 is 1.59 bits per heavy atom. The van der Waals surface area contributed by atoms with Crippen molar-refractivity contribution in [3.63, 3.8) is 0 Å². The molecule has 148 valence electrons. The van der Waals surface area contributed by atoms with E-state index in [-0.39, 0.29) is 17.3 Å². The second-order valence-electron chi connectivity index (χ2n) is 6.54. The van der Waals surface area contributed by atoms with Gasteiger partial charge in [-0.2, -0.15) is 0 Å². The zero-order chi connectivity index (χ0) is 21.0. The van der Waals surface area contributed by atoms with Crippen molar-refractivity contribution in [3.05, 3.63) is 88.0 Å². The maximum Gasteiger partial charge on any atom is 0.271 e. The predicted molar refractivity (Wildman–Crippen MR) is 113 cm³/mol. The molecule has 0 spiro atoms. The summed E-state index contributed by atoms with van der Waals surface area (Å²) < 4.78 is 5.18. The summed E-state index contributed by atoms with van der Waals surface area (Å²) in [4.78, 5) is 25.1. The Labute approximate surface area is 168 Å². The Bertz CT molecular complexity index is 1030. The van der Waals surface area contributed by atoms with Crippen LogP contribution >= 0.6 is 0 Å². The van der Waals surface area contributed by atoms with Crippen LogP contribution in [0.1, 0.15) is 15.9 Å². The third-order valence-electron chi connectivity index (χ3n) is 4.58. The quantitative estimate of drug-likeness (QED) is 0.476. The van der Waals surface area contributed by atoms with Crippen molar-refractivity contribution in [1.82, 2.24) is 0 Å². The fourth-order valence-electron chi connectivity index (χ4n) is 2.86. The van der Waals surface area contributed by atoms with Gasteiger partial charge in [0, 0.05) is 36.1 Å². The Morgan fingerprint density at radius 3 is 2.14 bits per heavy atom. The van der Waals surface area contributed by atoms with Crippen molar-refractivity contribution in [2.24, 2.45) is 0 Å². The van der Waals surface area contributed by atoms with E-state index in [4.69, 9.17) is 4.74 Å². The lowest BCUT2D eigenvalue weighted by Crippen LogP contribution is -2.14. The van der Waals surface area contributed by atoms with Crippen LogP contribution in [0.4, 0.5) is 22.7 Å². The van der Waals surface area contributed by atoms with Crippen LogP contribution in [0.3, 0.4) is 0 Å². The Hall–Kier alpha value is -3.87. The number of rotatable bonds is 6. The lowest BCUT2D eigenvalue weighted by Gasteiger charge is -2.20. The largest absolute Gasteiger partial charge is 0.495 e. The Kier molecular flexibility index (Phi) is 5.78. The summed E-state index contributed by atoms with van der Waals surface area (Å²) in [7, 11) is 3.39. The van der Waals surface area contributed by atoms with E-state index in [1.165, 1.54) is 30.9 Å². The molecule has 0 unspecified atom stereocenters. The van der Waals surface area contributed by atoms with Crippen molar-refractivity contribution in [2.75, 3.05) is 24.4 Å². The molecule has 0 bridgehead atoms. The minimum absolute atomic E-state index is 0.129. The number of nitrogens with zero attached hydrogens (tertiary/aromatic N) is 2. The number of hydrogen-bond acceptors (Lipinski definition) is 5. The molecule has 0 saturated carbocycles. The summed E-state index contributed by atoms with van der Waals surface area (Å²) in [6, 6.07) is 19.3. The standard InChI is InChI=1S/C22H21N3O4/c1-15-4-8-17(9-5-15)24(2)18-10-6-16(7-11-18)22(26)23-20-14-19(25(27)28)12-13-21(20)29-3/h4-14H,1-3H3,(H,23,26). The van der Waals surface area contributed by atoms with Gasteiger partial charge < -0.3 is 15.0 Å². The highest BCUT2D eigenvalue weighted by Gasteiger charge is 2.15. The maximum absolute atomic E-state index is 12.6. The van der Waals surface area contributed by atoms with E-state index in [0.717, 1.165) is 11.4 Å². The van der Waals surface area contributed by atoms with Crippen molar-refractivity contribution in [1.29, 1.82) is 0 Å². The molecular weight excluding hydrogens is 370 g/mol. The number of benzene rings is 3. The molecule has 0 aliphatic rings. The molecule has 7 heteroatoms. The van der Waals surface area contributed by atoms with E-state index >= 15 is 0 Å². The van der Waals surface area contributed by atoms with Crippen LogP contribution in [0.15, 0.2) is 66.7 Å². The molecule has 3 aromatic carbocycles. The van der Waals surface area contributed by atoms with Crippen LogP contribution in [0, 0.1) is 17.0 Å². The number of hydrogen-bond donors (Lipinski definition) is 1. The third kappa shape index (κ3) is 4.52. The van der Waals surface area contributed by atoms with Gasteiger partial charge in [-0.15, -0.1) is 0 Å². The number of carbonyl (C=O) groups excluding carboxylic acids is 1. The summed E-state index contributed by atoms with van der Waals surface area (Å²) in [5, 5.41) is 13.7. The average Bonchev–Trinajstić information content (AvgIpc) is 2.73. The van der Waals surface area contributed by atoms with Gasteiger partial charge in [-0.05, 0) is 49.4 Å². The highest BCUT2D eigenvalue weighted by Crippen LogP contribution is 2.30. The number of nitro groups is 1. The SMILES string of the molecule is COc1ccc([N+](=O)[O-])cc1NC(=O)c1ccc(N(C)c2ccc(C)cc2)cc1. The average molecular weight is 391 g/mol. The van der Waals surface area contributed by atoms with Crippen molar-refractivity contribution < 1.29 is 14.5 Å². The molecule has 3 rings (SSSR count). The first kappa shape index (κ1) is 19.9. The molecule has 0 aromatic heterocycles. The van der Waals surface area contributed by atoms with E-state index in [0.29, 0.717) is 11.3 Å². The lowest BCUT2D eigenvalue weighted by molar-refractivity contribution is -0.384. The van der Waals surface area contributed by atoms with Gasteiger partial charge in [-0.25, -0.2) is 0 Å². The zero-order valence-electron chi connectivity index (χ0n) is 16.4. The van der Waals surface area contributed by atoms with Crippen LogP contribution in [-0.4, -0.2) is 25.0 Å². The number of non-ortho nitro benzene ring substituents is 1. The first-order valence-corrected chi connectivity index (χ1v) is 8.93. The number of nitro benzene ring substituents is 1. The summed E-state index contributed by atoms with van der Waals surface area (Å²) in [6.45, 7) is 2.04. The summed E-state index contributed by atoms with van der Waals surface area (Å²) in [6.07, 6.45) is 0. The first-order chi connectivity index (χ1) is 13.9. The van der Waals surface area contributed by atoms with Crippen LogP contribution in [0.25, 0.3) is 0 Å². The molecule has 0 fully saturated rings. The molecule has 0 atom stereocenters. The summed E-state index contributed by atoms with van der Waals surface area (Å²) in [5.41, 5.74) is 3.70. The smallest absolute Gasteiger partial charge is 0.271 e. The topological polar surface area (TPSA) is 84.7 Å². The number of aryl methyl sites for hydroxylation is 1. The third-order valence-corrected chi connectivity index (χ3v) is 4.58. The second-order valence-corrected chi connectivity index (χ2v) is 6.54. The maximum atomic E-state index is 12.6. The molecule has 0 aliphatic carbocycles. The van der Waals surface area contributed by atoms with Crippen LogP contribution in [-0.2, 0) is 0 Å². The Morgan fingerprint density at radius 1 is 1.00 bits per heavy atom. The molecule has 0 saturated heterocycles. The van der Waals surface area contributed by atoms with Gasteiger partial charge >= 0.3 is 0 Å². The van der Waals surface area contributed by atoms with Gasteiger partial charge in [0.25, 0.3) is 11.6 Å². The summed E-state index contributed by atoms with van der Waals surface area (Å²) in [5.74, 6) is -0.0342.